The molecule has 1 amide bonds. The molecular formula is C25H24FN3O5S2. The average Bonchev–Trinajstić information content (AvgIpc) is 3.22. The SMILES string of the molecule is CCOCCn1c(=NC(=O)c2cccc(NS(=O)(=O)c3ccc(OC)cc3)c2)sc2cccc(F)c21. The summed E-state index contributed by atoms with van der Waals surface area (Å²) >= 11 is 1.19. The van der Waals surface area contributed by atoms with Crippen LogP contribution in [0, 0.1) is 5.82 Å². The quantitative estimate of drug-likeness (QED) is 0.324. The van der Waals surface area contributed by atoms with Crippen LogP contribution in [-0.4, -0.2) is 39.2 Å². The molecule has 4 aromatic rings. The van der Waals surface area contributed by atoms with Crippen molar-refractivity contribution in [3.05, 3.63) is 82.9 Å². The van der Waals surface area contributed by atoms with Gasteiger partial charge in [-0.1, -0.05) is 23.5 Å². The molecular weight excluding hydrogens is 505 g/mol. The Morgan fingerprint density at radius 3 is 2.58 bits per heavy atom. The van der Waals surface area contributed by atoms with Gasteiger partial charge in [-0.3, -0.25) is 9.52 Å². The van der Waals surface area contributed by atoms with Gasteiger partial charge in [-0.25, -0.2) is 12.8 Å². The number of fused-ring (bicyclic) bond motifs is 1. The Bertz CT molecular complexity index is 1560. The van der Waals surface area contributed by atoms with Gasteiger partial charge in [0, 0.05) is 24.4 Å². The van der Waals surface area contributed by atoms with E-state index in [0.717, 1.165) is 0 Å². The number of hydrogen-bond acceptors (Lipinski definition) is 6. The first-order valence-electron chi connectivity index (χ1n) is 11.0. The van der Waals surface area contributed by atoms with Gasteiger partial charge in [-0.15, -0.1) is 0 Å². The maximum absolute atomic E-state index is 14.6. The van der Waals surface area contributed by atoms with Gasteiger partial charge < -0.3 is 14.0 Å². The van der Waals surface area contributed by atoms with Crippen molar-refractivity contribution in [1.82, 2.24) is 4.57 Å². The molecule has 1 N–H and O–H groups in total. The molecule has 1 heterocycles. The fourth-order valence-electron chi connectivity index (χ4n) is 3.52. The molecule has 0 atom stereocenters. The summed E-state index contributed by atoms with van der Waals surface area (Å²) in [6.45, 7) is 3.03. The zero-order chi connectivity index (χ0) is 25.7. The monoisotopic (exact) mass is 529 g/mol. The van der Waals surface area contributed by atoms with Crippen molar-refractivity contribution in [1.29, 1.82) is 0 Å². The zero-order valence-corrected chi connectivity index (χ0v) is 21.2. The molecule has 0 saturated carbocycles. The molecule has 0 aliphatic carbocycles. The van der Waals surface area contributed by atoms with Crippen LogP contribution in [0.2, 0.25) is 0 Å². The van der Waals surface area contributed by atoms with E-state index in [1.54, 1.807) is 34.9 Å². The minimum Gasteiger partial charge on any atom is -0.497 e. The summed E-state index contributed by atoms with van der Waals surface area (Å²) in [4.78, 5) is 17.6. The molecule has 0 bridgehead atoms. The van der Waals surface area contributed by atoms with Crippen molar-refractivity contribution in [3.8, 4) is 5.75 Å². The topological polar surface area (TPSA) is 99.0 Å². The Hall–Kier alpha value is -3.54. The number of methoxy groups -OCH3 is 1. The van der Waals surface area contributed by atoms with Gasteiger partial charge in [0.15, 0.2) is 4.80 Å². The number of anilines is 1. The molecule has 0 spiro atoms. The number of amides is 1. The summed E-state index contributed by atoms with van der Waals surface area (Å²) in [7, 11) is -2.40. The summed E-state index contributed by atoms with van der Waals surface area (Å²) in [6.07, 6.45) is 0. The van der Waals surface area contributed by atoms with Crippen molar-refractivity contribution in [3.63, 3.8) is 0 Å². The third-order valence-corrected chi connectivity index (χ3v) is 7.68. The van der Waals surface area contributed by atoms with E-state index in [-0.39, 0.29) is 16.1 Å². The maximum Gasteiger partial charge on any atom is 0.279 e. The van der Waals surface area contributed by atoms with Crippen molar-refractivity contribution in [2.24, 2.45) is 4.99 Å². The molecule has 0 aliphatic rings. The standard InChI is InChI=1S/C25H24FN3O5S2/c1-3-34-15-14-29-23-21(26)8-5-9-22(23)35-25(29)27-24(30)17-6-4-7-18(16-17)28-36(31,32)20-12-10-19(33-2)11-13-20/h4-13,16,28H,3,14-15H2,1-2H3. The molecule has 0 unspecified atom stereocenters. The number of carbonyl (C=O) groups excluding carboxylic acids is 1. The highest BCUT2D eigenvalue weighted by molar-refractivity contribution is 7.92. The van der Waals surface area contributed by atoms with E-state index in [4.69, 9.17) is 9.47 Å². The number of ether oxygens (including phenoxy) is 2. The third-order valence-electron chi connectivity index (χ3n) is 5.24. The van der Waals surface area contributed by atoms with Crippen LogP contribution in [0.25, 0.3) is 10.2 Å². The summed E-state index contributed by atoms with van der Waals surface area (Å²) in [5.74, 6) is -0.468. The minimum absolute atomic E-state index is 0.0485. The number of halogens is 1. The number of hydrogen-bond donors (Lipinski definition) is 1. The summed E-state index contributed by atoms with van der Waals surface area (Å²) < 4.78 is 55.3. The van der Waals surface area contributed by atoms with Crippen molar-refractivity contribution < 1.29 is 27.1 Å². The minimum atomic E-state index is -3.89. The van der Waals surface area contributed by atoms with Gasteiger partial charge in [0.2, 0.25) is 0 Å². The number of para-hydroxylation sites is 1. The number of benzene rings is 3. The number of thiazole rings is 1. The van der Waals surface area contributed by atoms with E-state index in [1.165, 1.54) is 54.8 Å². The lowest BCUT2D eigenvalue weighted by atomic mass is 10.2. The van der Waals surface area contributed by atoms with E-state index >= 15 is 0 Å². The Balaban J connectivity index is 1.64. The Morgan fingerprint density at radius 2 is 1.86 bits per heavy atom. The maximum atomic E-state index is 14.6. The molecule has 1 aromatic heterocycles. The van der Waals surface area contributed by atoms with Crippen molar-refractivity contribution in [2.45, 2.75) is 18.4 Å². The molecule has 0 radical (unpaired) electrons. The van der Waals surface area contributed by atoms with Crippen LogP contribution >= 0.6 is 11.3 Å². The molecule has 11 heteroatoms. The van der Waals surface area contributed by atoms with Crippen LogP contribution in [-0.2, 0) is 21.3 Å². The lowest BCUT2D eigenvalue weighted by Crippen LogP contribution is -2.20. The molecule has 0 aliphatic heterocycles. The third kappa shape index (κ3) is 5.64. The molecule has 0 saturated heterocycles. The fourth-order valence-corrected chi connectivity index (χ4v) is 5.63. The molecule has 188 valence electrons. The number of nitrogens with zero attached hydrogens (tertiary/aromatic N) is 2. The van der Waals surface area contributed by atoms with Crippen LogP contribution in [0.3, 0.4) is 0 Å². The Morgan fingerprint density at radius 1 is 1.11 bits per heavy atom. The van der Waals surface area contributed by atoms with Crippen LogP contribution in [0.4, 0.5) is 10.1 Å². The largest absolute Gasteiger partial charge is 0.497 e. The number of rotatable bonds is 9. The highest BCUT2D eigenvalue weighted by Crippen LogP contribution is 2.22. The number of nitrogens with one attached hydrogen (secondary N) is 1. The van der Waals surface area contributed by atoms with E-state index in [9.17, 15) is 17.6 Å². The first-order valence-corrected chi connectivity index (χ1v) is 13.3. The Labute approximate surface area is 211 Å². The summed E-state index contributed by atoms with van der Waals surface area (Å²) in [6, 6.07) is 16.7. The first-order chi connectivity index (χ1) is 17.3. The van der Waals surface area contributed by atoms with Crippen LogP contribution in [0.15, 0.2) is 76.6 Å². The van der Waals surface area contributed by atoms with E-state index in [2.05, 4.69) is 9.71 Å². The smallest absolute Gasteiger partial charge is 0.279 e. The highest BCUT2D eigenvalue weighted by Gasteiger charge is 2.16. The van der Waals surface area contributed by atoms with Crippen LogP contribution < -0.4 is 14.3 Å². The van der Waals surface area contributed by atoms with E-state index < -0.39 is 21.7 Å². The van der Waals surface area contributed by atoms with E-state index in [1.807, 2.05) is 6.92 Å². The Kier molecular flexibility index (Phi) is 7.82. The highest BCUT2D eigenvalue weighted by atomic mass is 32.2. The number of sulfonamides is 1. The van der Waals surface area contributed by atoms with Crippen molar-refractivity contribution in [2.75, 3.05) is 25.0 Å². The molecule has 36 heavy (non-hydrogen) atoms. The molecule has 4 rings (SSSR count). The summed E-state index contributed by atoms with van der Waals surface area (Å²) in [5.41, 5.74) is 0.743. The zero-order valence-electron chi connectivity index (χ0n) is 19.6. The van der Waals surface area contributed by atoms with Crippen molar-refractivity contribution >= 4 is 43.2 Å². The molecule has 0 fully saturated rings. The van der Waals surface area contributed by atoms with Gasteiger partial charge >= 0.3 is 0 Å². The van der Waals surface area contributed by atoms with E-state index in [0.29, 0.717) is 40.5 Å². The summed E-state index contributed by atoms with van der Waals surface area (Å²) in [5, 5.41) is 0. The number of aromatic nitrogens is 1. The van der Waals surface area contributed by atoms with Gasteiger partial charge in [-0.05, 0) is 61.5 Å². The lowest BCUT2D eigenvalue weighted by molar-refractivity contribution is 0.0996. The predicted octanol–water partition coefficient (Wildman–Crippen LogP) is 4.43. The molecule has 3 aromatic carbocycles. The predicted molar refractivity (Wildman–Crippen MR) is 136 cm³/mol. The first kappa shape index (κ1) is 25.5. The van der Waals surface area contributed by atoms with Gasteiger partial charge in [0.25, 0.3) is 15.9 Å². The average molecular weight is 530 g/mol. The second-order valence-electron chi connectivity index (χ2n) is 7.60. The number of carbonyl (C=O) groups is 1. The molecule has 8 nitrogen and oxygen atoms in total. The second kappa shape index (κ2) is 11.0. The van der Waals surface area contributed by atoms with Gasteiger partial charge in [0.05, 0.1) is 28.8 Å². The van der Waals surface area contributed by atoms with Crippen LogP contribution in [0.5, 0.6) is 5.75 Å². The van der Waals surface area contributed by atoms with Gasteiger partial charge in [0.1, 0.15) is 11.6 Å². The van der Waals surface area contributed by atoms with Crippen LogP contribution in [0.1, 0.15) is 17.3 Å². The van der Waals surface area contributed by atoms with Gasteiger partial charge in [-0.2, -0.15) is 4.99 Å². The normalized spacial score (nSPS) is 12.1. The fraction of sp³-hybridized carbons (Fsp3) is 0.200. The second-order valence-corrected chi connectivity index (χ2v) is 10.3. The lowest BCUT2D eigenvalue weighted by Gasteiger charge is -2.09.